The van der Waals surface area contributed by atoms with Gasteiger partial charge < -0.3 is 5.11 Å². The summed E-state index contributed by atoms with van der Waals surface area (Å²) in [5.74, 6) is 1.96. The number of halogens is 1. The number of aliphatic hydroxyl groups is 1. The first-order valence-corrected chi connectivity index (χ1v) is 7.65. The van der Waals surface area contributed by atoms with Gasteiger partial charge in [-0.15, -0.1) is 11.3 Å². The van der Waals surface area contributed by atoms with Gasteiger partial charge in [0.1, 0.15) is 0 Å². The molecule has 0 spiro atoms. The number of thiophene rings is 1. The highest BCUT2D eigenvalue weighted by molar-refractivity contribution is 9.10. The molecule has 1 aromatic heterocycles. The SMILES string of the molecule is CC1CC(C)CC(C(O)c2cc(Br)cs2)C1. The van der Waals surface area contributed by atoms with E-state index in [1.165, 1.54) is 19.3 Å². The molecule has 0 amide bonds. The molecule has 1 aromatic rings. The second-order valence-electron chi connectivity index (χ2n) is 5.29. The molecule has 1 saturated carbocycles. The molecule has 0 aromatic carbocycles. The van der Waals surface area contributed by atoms with Crippen LogP contribution in [0.4, 0.5) is 0 Å². The number of hydrogen-bond acceptors (Lipinski definition) is 2. The van der Waals surface area contributed by atoms with Crippen molar-refractivity contribution in [1.82, 2.24) is 0 Å². The average Bonchev–Trinajstić information content (AvgIpc) is 2.62. The standard InChI is InChI=1S/C13H19BrOS/c1-8-3-9(2)5-10(4-8)13(15)12-6-11(14)7-16-12/h6-10,13,15H,3-5H2,1-2H3. The summed E-state index contributed by atoms with van der Waals surface area (Å²) in [4.78, 5) is 1.11. The third-order valence-corrected chi connectivity index (χ3v) is 5.30. The zero-order chi connectivity index (χ0) is 11.7. The Balaban J connectivity index is 2.06. The Hall–Kier alpha value is 0.140. The quantitative estimate of drug-likeness (QED) is 0.845. The molecule has 90 valence electrons. The minimum atomic E-state index is -0.263. The van der Waals surface area contributed by atoms with Crippen LogP contribution in [0.25, 0.3) is 0 Å². The number of aliphatic hydroxyl groups excluding tert-OH is 1. The van der Waals surface area contributed by atoms with Crippen LogP contribution in [0.3, 0.4) is 0 Å². The lowest BCUT2D eigenvalue weighted by molar-refractivity contribution is 0.0576. The molecule has 3 atom stereocenters. The summed E-state index contributed by atoms with van der Waals surface area (Å²) in [6, 6.07) is 2.05. The van der Waals surface area contributed by atoms with Crippen molar-refractivity contribution in [1.29, 1.82) is 0 Å². The van der Waals surface area contributed by atoms with E-state index in [0.717, 1.165) is 21.2 Å². The fourth-order valence-corrected chi connectivity index (χ4v) is 4.50. The Morgan fingerprint density at radius 2 is 1.94 bits per heavy atom. The van der Waals surface area contributed by atoms with Gasteiger partial charge in [0.25, 0.3) is 0 Å². The summed E-state index contributed by atoms with van der Waals surface area (Å²) in [5.41, 5.74) is 0. The highest BCUT2D eigenvalue weighted by Crippen LogP contribution is 2.41. The second-order valence-corrected chi connectivity index (χ2v) is 7.15. The molecule has 1 heterocycles. The third-order valence-electron chi connectivity index (χ3n) is 3.54. The van der Waals surface area contributed by atoms with Crippen molar-refractivity contribution in [2.45, 2.75) is 39.2 Å². The first-order chi connectivity index (χ1) is 7.56. The summed E-state index contributed by atoms with van der Waals surface area (Å²) >= 11 is 5.10. The monoisotopic (exact) mass is 302 g/mol. The van der Waals surface area contributed by atoms with Gasteiger partial charge >= 0.3 is 0 Å². The fourth-order valence-electron chi connectivity index (χ4n) is 2.98. The molecule has 3 heteroatoms. The van der Waals surface area contributed by atoms with Gasteiger partial charge in [0.05, 0.1) is 6.10 Å². The lowest BCUT2D eigenvalue weighted by atomic mass is 9.74. The maximum absolute atomic E-state index is 10.4. The van der Waals surface area contributed by atoms with Gasteiger partial charge in [-0.2, -0.15) is 0 Å². The van der Waals surface area contributed by atoms with Gasteiger partial charge in [0.2, 0.25) is 0 Å². The molecule has 1 aliphatic carbocycles. The van der Waals surface area contributed by atoms with E-state index in [9.17, 15) is 5.11 Å². The lowest BCUT2D eigenvalue weighted by Crippen LogP contribution is -2.24. The van der Waals surface area contributed by atoms with Crippen LogP contribution in [0.2, 0.25) is 0 Å². The van der Waals surface area contributed by atoms with Crippen LogP contribution in [0, 0.1) is 17.8 Å². The van der Waals surface area contributed by atoms with E-state index in [1.54, 1.807) is 11.3 Å². The first-order valence-electron chi connectivity index (χ1n) is 5.98. The minimum Gasteiger partial charge on any atom is -0.387 e. The molecule has 1 fully saturated rings. The van der Waals surface area contributed by atoms with E-state index in [4.69, 9.17) is 0 Å². The Bertz CT molecular complexity index is 339. The summed E-state index contributed by atoms with van der Waals surface area (Å²) in [7, 11) is 0. The number of hydrogen-bond donors (Lipinski definition) is 1. The van der Waals surface area contributed by atoms with E-state index in [2.05, 4.69) is 35.8 Å². The topological polar surface area (TPSA) is 20.2 Å². The number of rotatable bonds is 2. The van der Waals surface area contributed by atoms with Crippen LogP contribution in [0.15, 0.2) is 15.9 Å². The lowest BCUT2D eigenvalue weighted by Gasteiger charge is -2.34. The fraction of sp³-hybridized carbons (Fsp3) is 0.692. The second kappa shape index (κ2) is 5.19. The van der Waals surface area contributed by atoms with Crippen molar-refractivity contribution in [3.05, 3.63) is 20.8 Å². The first kappa shape index (κ1) is 12.6. The van der Waals surface area contributed by atoms with Gasteiger partial charge in [0, 0.05) is 14.7 Å². The molecule has 0 aliphatic heterocycles. The molecule has 1 N–H and O–H groups in total. The molecule has 0 saturated heterocycles. The van der Waals surface area contributed by atoms with Crippen LogP contribution in [-0.4, -0.2) is 5.11 Å². The average molecular weight is 303 g/mol. The van der Waals surface area contributed by atoms with Crippen molar-refractivity contribution in [2.24, 2.45) is 17.8 Å². The van der Waals surface area contributed by atoms with Crippen LogP contribution >= 0.6 is 27.3 Å². The Kier molecular flexibility index (Phi) is 4.09. The van der Waals surface area contributed by atoms with Crippen molar-refractivity contribution in [2.75, 3.05) is 0 Å². The van der Waals surface area contributed by atoms with Crippen LogP contribution in [0.1, 0.15) is 44.1 Å². The Labute approximate surface area is 110 Å². The summed E-state index contributed by atoms with van der Waals surface area (Å²) in [6.45, 7) is 4.61. The smallest absolute Gasteiger partial charge is 0.0910 e. The third kappa shape index (κ3) is 2.88. The van der Waals surface area contributed by atoms with Gasteiger partial charge in [0.15, 0.2) is 0 Å². The van der Waals surface area contributed by atoms with Gasteiger partial charge in [-0.05, 0) is 59.0 Å². The van der Waals surface area contributed by atoms with E-state index < -0.39 is 0 Å². The maximum Gasteiger partial charge on any atom is 0.0910 e. The molecule has 16 heavy (non-hydrogen) atoms. The van der Waals surface area contributed by atoms with Crippen molar-refractivity contribution in [3.8, 4) is 0 Å². The predicted molar refractivity (Wildman–Crippen MR) is 72.6 cm³/mol. The van der Waals surface area contributed by atoms with E-state index in [1.807, 2.05) is 5.38 Å². The zero-order valence-corrected chi connectivity index (χ0v) is 12.2. The van der Waals surface area contributed by atoms with Crippen molar-refractivity contribution in [3.63, 3.8) is 0 Å². The maximum atomic E-state index is 10.4. The van der Waals surface area contributed by atoms with Crippen molar-refractivity contribution >= 4 is 27.3 Å². The van der Waals surface area contributed by atoms with Gasteiger partial charge in [-0.3, -0.25) is 0 Å². The summed E-state index contributed by atoms with van der Waals surface area (Å²) in [5, 5.41) is 12.4. The van der Waals surface area contributed by atoms with Crippen LogP contribution < -0.4 is 0 Å². The summed E-state index contributed by atoms with van der Waals surface area (Å²) in [6.07, 6.45) is 3.39. The highest BCUT2D eigenvalue weighted by Gasteiger charge is 2.30. The molecule has 3 unspecified atom stereocenters. The molecule has 2 rings (SSSR count). The normalized spacial score (nSPS) is 32.6. The molecule has 1 nitrogen and oxygen atoms in total. The van der Waals surface area contributed by atoms with E-state index >= 15 is 0 Å². The van der Waals surface area contributed by atoms with Crippen LogP contribution in [-0.2, 0) is 0 Å². The molecule has 0 bridgehead atoms. The largest absolute Gasteiger partial charge is 0.387 e. The molecular formula is C13H19BrOS. The minimum absolute atomic E-state index is 0.263. The summed E-state index contributed by atoms with van der Waals surface area (Å²) < 4.78 is 1.09. The Morgan fingerprint density at radius 3 is 2.44 bits per heavy atom. The van der Waals surface area contributed by atoms with E-state index in [0.29, 0.717) is 5.92 Å². The van der Waals surface area contributed by atoms with E-state index in [-0.39, 0.29) is 6.10 Å². The zero-order valence-electron chi connectivity index (χ0n) is 9.82. The molecule has 1 aliphatic rings. The van der Waals surface area contributed by atoms with Crippen LogP contribution in [0.5, 0.6) is 0 Å². The van der Waals surface area contributed by atoms with Gasteiger partial charge in [-0.1, -0.05) is 13.8 Å². The molecule has 0 radical (unpaired) electrons. The van der Waals surface area contributed by atoms with Gasteiger partial charge in [-0.25, -0.2) is 0 Å². The van der Waals surface area contributed by atoms with Crippen molar-refractivity contribution < 1.29 is 5.11 Å². The Morgan fingerprint density at radius 1 is 1.31 bits per heavy atom. The molecular weight excluding hydrogens is 284 g/mol. The predicted octanol–water partition coefficient (Wildman–Crippen LogP) is 4.62. The highest BCUT2D eigenvalue weighted by atomic mass is 79.9.